The van der Waals surface area contributed by atoms with Crippen molar-refractivity contribution in [1.82, 2.24) is 4.98 Å². The molecule has 1 unspecified atom stereocenters. The maximum atomic E-state index is 11.2. The summed E-state index contributed by atoms with van der Waals surface area (Å²) in [5.41, 5.74) is 7.77. The highest BCUT2D eigenvalue weighted by Gasteiger charge is 2.14. The number of esters is 1. The van der Waals surface area contributed by atoms with Crippen LogP contribution in [0.3, 0.4) is 0 Å². The second kappa shape index (κ2) is 4.37. The third kappa shape index (κ3) is 2.06. The summed E-state index contributed by atoms with van der Waals surface area (Å²) >= 11 is 0. The minimum absolute atomic E-state index is 0.383. The molecule has 0 aliphatic carbocycles. The van der Waals surface area contributed by atoms with Gasteiger partial charge in [0.1, 0.15) is 6.04 Å². The van der Waals surface area contributed by atoms with E-state index in [2.05, 4.69) is 9.72 Å². The van der Waals surface area contributed by atoms with Gasteiger partial charge < -0.3 is 15.5 Å². The molecule has 0 saturated heterocycles. The van der Waals surface area contributed by atoms with Crippen molar-refractivity contribution in [1.29, 1.82) is 0 Å². The molecule has 3 N–H and O–H groups in total. The lowest BCUT2D eigenvalue weighted by Gasteiger charge is -2.08. The van der Waals surface area contributed by atoms with Crippen LogP contribution in [0.5, 0.6) is 0 Å². The Kier molecular flexibility index (Phi) is 2.92. The van der Waals surface area contributed by atoms with Crippen LogP contribution in [0.25, 0.3) is 10.9 Å². The molecule has 4 nitrogen and oxygen atoms in total. The van der Waals surface area contributed by atoms with Crippen LogP contribution in [0, 0.1) is 0 Å². The first-order valence-corrected chi connectivity index (χ1v) is 5.10. The number of benzene rings is 1. The van der Waals surface area contributed by atoms with E-state index in [1.165, 1.54) is 7.11 Å². The second-order valence-electron chi connectivity index (χ2n) is 3.73. The van der Waals surface area contributed by atoms with Gasteiger partial charge in [0, 0.05) is 11.7 Å². The van der Waals surface area contributed by atoms with Crippen LogP contribution in [0.4, 0.5) is 0 Å². The molecule has 0 saturated carbocycles. The van der Waals surface area contributed by atoms with Crippen LogP contribution < -0.4 is 5.73 Å². The lowest BCUT2D eigenvalue weighted by atomic mass is 10.1. The Morgan fingerprint density at radius 1 is 1.50 bits per heavy atom. The van der Waals surface area contributed by atoms with Crippen LogP contribution in [0.1, 0.15) is 5.56 Å². The molecular weight excluding hydrogens is 204 g/mol. The Morgan fingerprint density at radius 2 is 2.31 bits per heavy atom. The van der Waals surface area contributed by atoms with Crippen molar-refractivity contribution in [3.63, 3.8) is 0 Å². The van der Waals surface area contributed by atoms with Crippen molar-refractivity contribution in [2.45, 2.75) is 12.5 Å². The van der Waals surface area contributed by atoms with E-state index in [4.69, 9.17) is 5.73 Å². The third-order valence-corrected chi connectivity index (χ3v) is 2.58. The van der Waals surface area contributed by atoms with E-state index in [0.717, 1.165) is 16.5 Å². The summed E-state index contributed by atoms with van der Waals surface area (Å²) in [5, 5.41) is 1.15. The standard InChI is InChI=1S/C12H14N2O2/c1-16-12(15)10(13)6-8-2-3-9-4-5-14-11(9)7-8/h2-5,7,10,14H,6,13H2,1H3. The van der Waals surface area contributed by atoms with Gasteiger partial charge in [-0.1, -0.05) is 12.1 Å². The lowest BCUT2D eigenvalue weighted by molar-refractivity contribution is -0.142. The van der Waals surface area contributed by atoms with E-state index in [0.29, 0.717) is 6.42 Å². The first-order chi connectivity index (χ1) is 7.70. The summed E-state index contributed by atoms with van der Waals surface area (Å²) in [6.45, 7) is 0. The van der Waals surface area contributed by atoms with Gasteiger partial charge in [-0.05, 0) is 29.5 Å². The number of carbonyl (C=O) groups excluding carboxylic acids is 1. The molecule has 0 amide bonds. The van der Waals surface area contributed by atoms with Crippen molar-refractivity contribution in [2.75, 3.05) is 7.11 Å². The van der Waals surface area contributed by atoms with E-state index in [1.807, 2.05) is 30.5 Å². The number of hydrogen-bond donors (Lipinski definition) is 2. The second-order valence-corrected chi connectivity index (χ2v) is 3.73. The zero-order chi connectivity index (χ0) is 11.5. The van der Waals surface area contributed by atoms with Crippen molar-refractivity contribution in [2.24, 2.45) is 5.73 Å². The molecule has 0 fully saturated rings. The van der Waals surface area contributed by atoms with Crippen LogP contribution in [0.15, 0.2) is 30.5 Å². The summed E-state index contributed by atoms with van der Waals surface area (Å²) in [4.78, 5) is 14.3. The molecule has 4 heteroatoms. The van der Waals surface area contributed by atoms with Crippen molar-refractivity contribution < 1.29 is 9.53 Å². The average molecular weight is 218 g/mol. The smallest absolute Gasteiger partial charge is 0.322 e. The predicted octanol–water partition coefficient (Wildman–Crippen LogP) is 1.21. The number of hydrogen-bond acceptors (Lipinski definition) is 3. The Hall–Kier alpha value is -1.81. The number of aromatic nitrogens is 1. The van der Waals surface area contributed by atoms with Crippen molar-refractivity contribution in [3.8, 4) is 0 Å². The zero-order valence-electron chi connectivity index (χ0n) is 9.07. The Balaban J connectivity index is 2.17. The number of methoxy groups -OCH3 is 1. The molecule has 0 bridgehead atoms. The van der Waals surface area contributed by atoms with Gasteiger partial charge in [0.05, 0.1) is 7.11 Å². The van der Waals surface area contributed by atoms with Gasteiger partial charge in [0.15, 0.2) is 0 Å². The van der Waals surface area contributed by atoms with Gasteiger partial charge in [0.25, 0.3) is 0 Å². The number of carbonyl (C=O) groups is 1. The number of aromatic amines is 1. The molecule has 1 aromatic carbocycles. The van der Waals surface area contributed by atoms with E-state index in [-0.39, 0.29) is 5.97 Å². The Bertz CT molecular complexity index is 504. The maximum Gasteiger partial charge on any atom is 0.322 e. The fraction of sp³-hybridized carbons (Fsp3) is 0.250. The monoisotopic (exact) mass is 218 g/mol. The van der Waals surface area contributed by atoms with Crippen LogP contribution in [0.2, 0.25) is 0 Å². The zero-order valence-corrected chi connectivity index (χ0v) is 9.07. The van der Waals surface area contributed by atoms with Crippen molar-refractivity contribution >= 4 is 16.9 Å². The van der Waals surface area contributed by atoms with E-state index < -0.39 is 6.04 Å². The number of nitrogens with two attached hydrogens (primary N) is 1. The normalized spacial score (nSPS) is 12.6. The topological polar surface area (TPSA) is 68.1 Å². The van der Waals surface area contributed by atoms with Gasteiger partial charge in [-0.2, -0.15) is 0 Å². The lowest BCUT2D eigenvalue weighted by Crippen LogP contribution is -2.33. The fourth-order valence-electron chi connectivity index (χ4n) is 1.71. The molecule has 1 heterocycles. The van der Waals surface area contributed by atoms with Gasteiger partial charge in [-0.25, -0.2) is 0 Å². The van der Waals surface area contributed by atoms with Crippen molar-refractivity contribution in [3.05, 3.63) is 36.0 Å². The molecule has 84 valence electrons. The third-order valence-electron chi connectivity index (χ3n) is 2.58. The van der Waals surface area contributed by atoms with E-state index in [1.54, 1.807) is 0 Å². The highest BCUT2D eigenvalue weighted by atomic mass is 16.5. The Morgan fingerprint density at radius 3 is 3.06 bits per heavy atom. The Labute approximate surface area is 93.4 Å². The van der Waals surface area contributed by atoms with Crippen LogP contribution in [-0.4, -0.2) is 24.1 Å². The molecule has 0 spiro atoms. The van der Waals surface area contributed by atoms with Crippen LogP contribution in [-0.2, 0) is 16.0 Å². The summed E-state index contributed by atoms with van der Waals surface area (Å²) in [7, 11) is 1.34. The van der Waals surface area contributed by atoms with Crippen LogP contribution >= 0.6 is 0 Å². The number of ether oxygens (including phenoxy) is 1. The molecule has 2 rings (SSSR count). The summed E-state index contributed by atoms with van der Waals surface area (Å²) in [6, 6.07) is 7.37. The largest absolute Gasteiger partial charge is 0.468 e. The highest BCUT2D eigenvalue weighted by Crippen LogP contribution is 2.15. The number of H-pyrrole nitrogens is 1. The van der Waals surface area contributed by atoms with Gasteiger partial charge in [0.2, 0.25) is 0 Å². The summed E-state index contributed by atoms with van der Waals surface area (Å²) in [6.07, 6.45) is 2.37. The molecule has 0 radical (unpaired) electrons. The fourth-order valence-corrected chi connectivity index (χ4v) is 1.71. The molecule has 16 heavy (non-hydrogen) atoms. The molecule has 2 aromatic rings. The molecule has 0 aliphatic heterocycles. The van der Waals surface area contributed by atoms with Gasteiger partial charge in [-0.3, -0.25) is 4.79 Å². The first kappa shape index (κ1) is 10.7. The minimum atomic E-state index is -0.600. The number of rotatable bonds is 3. The highest BCUT2D eigenvalue weighted by molar-refractivity contribution is 5.80. The number of nitrogens with one attached hydrogen (secondary N) is 1. The molecular formula is C12H14N2O2. The molecule has 1 aromatic heterocycles. The first-order valence-electron chi connectivity index (χ1n) is 5.10. The van der Waals surface area contributed by atoms with E-state index in [9.17, 15) is 4.79 Å². The summed E-state index contributed by atoms with van der Waals surface area (Å²) in [5.74, 6) is -0.383. The van der Waals surface area contributed by atoms with Gasteiger partial charge >= 0.3 is 5.97 Å². The summed E-state index contributed by atoms with van der Waals surface area (Å²) < 4.78 is 4.58. The minimum Gasteiger partial charge on any atom is -0.468 e. The van der Waals surface area contributed by atoms with E-state index >= 15 is 0 Å². The number of fused-ring (bicyclic) bond motifs is 1. The maximum absolute atomic E-state index is 11.2. The van der Waals surface area contributed by atoms with Gasteiger partial charge in [-0.15, -0.1) is 0 Å². The average Bonchev–Trinajstić information content (AvgIpc) is 2.75. The SMILES string of the molecule is COC(=O)C(N)Cc1ccc2cc[nH]c2c1. The quantitative estimate of drug-likeness (QED) is 0.761. The molecule has 0 aliphatic rings. The molecule has 1 atom stereocenters. The predicted molar refractivity (Wildman–Crippen MR) is 62.0 cm³/mol.